The summed E-state index contributed by atoms with van der Waals surface area (Å²) in [6, 6.07) is 12.7. The molecule has 6 nitrogen and oxygen atoms in total. The normalized spacial score (nSPS) is 12.4. The maximum atomic E-state index is 13.6. The molecule has 2 aromatic carbocycles. The van der Waals surface area contributed by atoms with Crippen LogP contribution in [0.2, 0.25) is 0 Å². The molecule has 1 aromatic heterocycles. The average Bonchev–Trinajstić information content (AvgIpc) is 3.39. The summed E-state index contributed by atoms with van der Waals surface area (Å²) in [5.41, 5.74) is 4.09. The minimum absolute atomic E-state index is 0.145. The number of amides is 2. The van der Waals surface area contributed by atoms with E-state index in [1.54, 1.807) is 0 Å². The zero-order valence-corrected chi connectivity index (χ0v) is 17.5. The Kier molecular flexibility index (Phi) is 6.58. The predicted octanol–water partition coefficient (Wildman–Crippen LogP) is 3.47. The van der Waals surface area contributed by atoms with Gasteiger partial charge in [0.1, 0.15) is 11.6 Å². The van der Waals surface area contributed by atoms with Crippen molar-refractivity contribution in [2.45, 2.75) is 38.6 Å². The number of fused-ring (bicyclic) bond motifs is 1. The molecule has 0 radical (unpaired) electrons. The summed E-state index contributed by atoms with van der Waals surface area (Å²) in [5, 5.41) is 10.2. The number of hydrogen-bond acceptors (Lipinski definition) is 3. The van der Waals surface area contributed by atoms with Gasteiger partial charge < -0.3 is 10.6 Å². The second-order valence-corrected chi connectivity index (χ2v) is 7.73. The van der Waals surface area contributed by atoms with Crippen LogP contribution in [0.3, 0.4) is 0 Å². The molecule has 1 aliphatic rings. The molecule has 2 amide bonds. The fraction of sp³-hybridized carbons (Fsp3) is 0.292. The number of carbonyl (C=O) groups excluding carboxylic acids is 2. The van der Waals surface area contributed by atoms with E-state index in [2.05, 4.69) is 10.6 Å². The van der Waals surface area contributed by atoms with E-state index in [0.29, 0.717) is 19.0 Å². The van der Waals surface area contributed by atoms with E-state index >= 15 is 0 Å². The number of hydrogen-bond donors (Lipinski definition) is 2. The van der Waals surface area contributed by atoms with Gasteiger partial charge in [0.15, 0.2) is 0 Å². The molecule has 32 heavy (non-hydrogen) atoms. The molecule has 1 aliphatic carbocycles. The molecule has 0 saturated carbocycles. The Hall–Kier alpha value is -3.55. The molecule has 0 unspecified atom stereocenters. The summed E-state index contributed by atoms with van der Waals surface area (Å²) in [6.45, 7) is 0.565. The summed E-state index contributed by atoms with van der Waals surface area (Å²) in [7, 11) is 0. The first-order chi connectivity index (χ1) is 15.5. The first-order valence-corrected chi connectivity index (χ1v) is 10.7. The number of para-hydroxylation sites is 1. The Morgan fingerprint density at radius 1 is 1.03 bits per heavy atom. The Labute approximate surface area is 184 Å². The largest absolute Gasteiger partial charge is 0.352 e. The summed E-state index contributed by atoms with van der Waals surface area (Å²) >= 11 is 0. The van der Waals surface area contributed by atoms with Crippen molar-refractivity contribution in [3.63, 3.8) is 0 Å². The molecule has 8 heteroatoms. The van der Waals surface area contributed by atoms with Crippen molar-refractivity contribution in [2.24, 2.45) is 0 Å². The van der Waals surface area contributed by atoms with Crippen LogP contribution < -0.4 is 10.6 Å². The number of aromatic nitrogens is 2. The Morgan fingerprint density at radius 2 is 1.84 bits per heavy atom. The third-order valence-corrected chi connectivity index (χ3v) is 5.51. The number of halogens is 2. The van der Waals surface area contributed by atoms with Crippen molar-refractivity contribution in [2.75, 3.05) is 6.54 Å². The van der Waals surface area contributed by atoms with Gasteiger partial charge in [-0.2, -0.15) is 5.10 Å². The van der Waals surface area contributed by atoms with E-state index < -0.39 is 17.5 Å². The van der Waals surface area contributed by atoms with Crippen molar-refractivity contribution in [3.05, 3.63) is 82.7 Å². The fourth-order valence-electron chi connectivity index (χ4n) is 3.93. The summed E-state index contributed by atoms with van der Waals surface area (Å²) in [6.07, 6.45) is 3.62. The lowest BCUT2D eigenvalue weighted by molar-refractivity contribution is -0.121. The summed E-state index contributed by atoms with van der Waals surface area (Å²) in [5.74, 6) is -2.43. The van der Waals surface area contributed by atoms with Crippen LogP contribution in [0.15, 0.2) is 48.5 Å². The Morgan fingerprint density at radius 3 is 2.62 bits per heavy atom. The summed E-state index contributed by atoms with van der Waals surface area (Å²) in [4.78, 5) is 24.2. The second kappa shape index (κ2) is 9.72. The fourth-order valence-corrected chi connectivity index (χ4v) is 3.93. The van der Waals surface area contributed by atoms with Gasteiger partial charge in [0, 0.05) is 24.7 Å². The van der Waals surface area contributed by atoms with Gasteiger partial charge in [-0.25, -0.2) is 13.5 Å². The van der Waals surface area contributed by atoms with Gasteiger partial charge in [-0.15, -0.1) is 0 Å². The van der Waals surface area contributed by atoms with Crippen molar-refractivity contribution in [1.82, 2.24) is 20.4 Å². The Bertz CT molecular complexity index is 1130. The predicted molar refractivity (Wildman–Crippen MR) is 115 cm³/mol. The van der Waals surface area contributed by atoms with E-state index in [0.717, 1.165) is 42.8 Å². The minimum atomic E-state index is -0.914. The smallest absolute Gasteiger partial charge is 0.254 e. The molecule has 166 valence electrons. The van der Waals surface area contributed by atoms with Gasteiger partial charge in [0.05, 0.1) is 23.5 Å². The van der Waals surface area contributed by atoms with E-state index in [9.17, 15) is 18.4 Å². The highest BCUT2D eigenvalue weighted by Crippen LogP contribution is 2.27. The highest BCUT2D eigenvalue weighted by Gasteiger charge is 2.23. The highest BCUT2D eigenvalue weighted by molar-refractivity contribution is 5.94. The van der Waals surface area contributed by atoms with E-state index in [-0.39, 0.29) is 24.4 Å². The molecule has 0 aliphatic heterocycles. The van der Waals surface area contributed by atoms with Crippen molar-refractivity contribution >= 4 is 11.8 Å². The van der Waals surface area contributed by atoms with Crippen LogP contribution in [-0.4, -0.2) is 28.1 Å². The van der Waals surface area contributed by atoms with Gasteiger partial charge in [0.25, 0.3) is 5.91 Å². The van der Waals surface area contributed by atoms with Crippen molar-refractivity contribution in [3.8, 4) is 5.69 Å². The van der Waals surface area contributed by atoms with E-state index in [1.165, 1.54) is 11.3 Å². The second-order valence-electron chi connectivity index (χ2n) is 7.73. The third kappa shape index (κ3) is 4.85. The summed E-state index contributed by atoms with van der Waals surface area (Å²) < 4.78 is 28.5. The van der Waals surface area contributed by atoms with Crippen LogP contribution in [0, 0.1) is 11.6 Å². The third-order valence-electron chi connectivity index (χ3n) is 5.51. The standard InChI is InChI=1S/C24H24F2N4O2/c25-16-11-12-18(20(26)14-16)24(32)27-13-5-10-23(31)28-15-21-19-8-4-9-22(19)30(29-21)17-6-2-1-3-7-17/h1-3,6-7,11-12,14H,4-5,8-10,13,15H2,(H,27,32)(H,28,31). The molecule has 4 rings (SSSR count). The molecule has 0 fully saturated rings. The van der Waals surface area contributed by atoms with Gasteiger partial charge in [-0.05, 0) is 55.5 Å². The van der Waals surface area contributed by atoms with Crippen LogP contribution in [-0.2, 0) is 24.2 Å². The lowest BCUT2D eigenvalue weighted by Gasteiger charge is -2.07. The molecule has 0 spiro atoms. The molecular formula is C24H24F2N4O2. The molecule has 2 N–H and O–H groups in total. The molecule has 0 bridgehead atoms. The van der Waals surface area contributed by atoms with Crippen LogP contribution in [0.5, 0.6) is 0 Å². The molecule has 3 aromatic rings. The van der Waals surface area contributed by atoms with E-state index in [4.69, 9.17) is 5.10 Å². The minimum Gasteiger partial charge on any atom is -0.352 e. The maximum Gasteiger partial charge on any atom is 0.254 e. The van der Waals surface area contributed by atoms with Crippen LogP contribution in [0.1, 0.15) is 46.6 Å². The van der Waals surface area contributed by atoms with Gasteiger partial charge in [0.2, 0.25) is 5.91 Å². The topological polar surface area (TPSA) is 76.0 Å². The van der Waals surface area contributed by atoms with Gasteiger partial charge in [-0.1, -0.05) is 18.2 Å². The first kappa shape index (κ1) is 21.7. The highest BCUT2D eigenvalue weighted by atomic mass is 19.1. The SMILES string of the molecule is O=C(CCCNC(=O)c1ccc(F)cc1F)NCc1nn(-c2ccccc2)c2c1CCC2. The first-order valence-electron chi connectivity index (χ1n) is 10.7. The van der Waals surface area contributed by atoms with Crippen LogP contribution in [0.25, 0.3) is 5.69 Å². The zero-order valence-electron chi connectivity index (χ0n) is 17.5. The average molecular weight is 438 g/mol. The van der Waals surface area contributed by atoms with Gasteiger partial charge in [-0.3, -0.25) is 9.59 Å². The number of benzene rings is 2. The molecular weight excluding hydrogens is 414 g/mol. The number of nitrogens with one attached hydrogen (secondary N) is 2. The lowest BCUT2D eigenvalue weighted by Crippen LogP contribution is -2.28. The molecule has 1 heterocycles. The number of carbonyl (C=O) groups is 2. The number of rotatable bonds is 8. The van der Waals surface area contributed by atoms with Crippen LogP contribution in [0.4, 0.5) is 8.78 Å². The van der Waals surface area contributed by atoms with Crippen LogP contribution >= 0.6 is 0 Å². The number of nitrogens with zero attached hydrogens (tertiary/aromatic N) is 2. The van der Waals surface area contributed by atoms with Gasteiger partial charge >= 0.3 is 0 Å². The van der Waals surface area contributed by atoms with Crippen molar-refractivity contribution in [1.29, 1.82) is 0 Å². The van der Waals surface area contributed by atoms with E-state index in [1.807, 2.05) is 35.0 Å². The quantitative estimate of drug-likeness (QED) is 0.529. The van der Waals surface area contributed by atoms with Crippen molar-refractivity contribution < 1.29 is 18.4 Å². The lowest BCUT2D eigenvalue weighted by atomic mass is 10.2. The monoisotopic (exact) mass is 438 g/mol. The maximum absolute atomic E-state index is 13.6. The Balaban J connectivity index is 1.26. The zero-order chi connectivity index (χ0) is 22.5. The molecule has 0 saturated heterocycles. The molecule has 0 atom stereocenters.